The van der Waals surface area contributed by atoms with Gasteiger partial charge in [-0.2, -0.15) is 0 Å². The van der Waals surface area contributed by atoms with Gasteiger partial charge in [0.25, 0.3) is 0 Å². The van der Waals surface area contributed by atoms with Crippen LogP contribution in [0.2, 0.25) is 0 Å². The van der Waals surface area contributed by atoms with E-state index in [9.17, 15) is 0 Å². The molecule has 3 aromatic carbocycles. The number of benzene rings is 3. The molecule has 1 heterocycles. The van der Waals surface area contributed by atoms with Crippen LogP contribution < -0.4 is 0 Å². The highest BCUT2D eigenvalue weighted by atomic mass is 79.9. The molecule has 1 nitrogen and oxygen atoms in total. The maximum Gasteiger partial charge on any atom is 0.0851 e. The molecule has 0 saturated heterocycles. The van der Waals surface area contributed by atoms with Gasteiger partial charge in [-0.25, -0.2) is 4.98 Å². The zero-order chi connectivity index (χ0) is 15.4. The van der Waals surface area contributed by atoms with E-state index in [0.717, 1.165) is 15.5 Å². The molecule has 0 aliphatic heterocycles. The van der Waals surface area contributed by atoms with E-state index in [1.165, 1.54) is 47.2 Å². The van der Waals surface area contributed by atoms with Crippen LogP contribution in [0.15, 0.2) is 53.0 Å². The zero-order valence-corrected chi connectivity index (χ0v) is 14.4. The minimum absolute atomic E-state index is 1.04. The van der Waals surface area contributed by atoms with Crippen molar-refractivity contribution in [2.45, 2.75) is 25.7 Å². The first kappa shape index (κ1) is 13.5. The molecule has 112 valence electrons. The van der Waals surface area contributed by atoms with Gasteiger partial charge in [0.2, 0.25) is 0 Å². The molecule has 0 bridgehead atoms. The Hall–Kier alpha value is -1.93. The summed E-state index contributed by atoms with van der Waals surface area (Å²) in [5, 5.41) is 5.22. The van der Waals surface area contributed by atoms with Crippen LogP contribution in [0.4, 0.5) is 0 Å². The Kier molecular flexibility index (Phi) is 2.96. The molecule has 2 heteroatoms. The number of aromatic nitrogens is 1. The molecule has 23 heavy (non-hydrogen) atoms. The summed E-state index contributed by atoms with van der Waals surface area (Å²) in [7, 11) is 0. The Labute approximate surface area is 143 Å². The van der Waals surface area contributed by atoms with Gasteiger partial charge in [-0.15, -0.1) is 0 Å². The van der Waals surface area contributed by atoms with Crippen LogP contribution in [0.3, 0.4) is 0 Å². The SMILES string of the molecule is Brc1cccc2cc3c(ccc4c5c(ccc43)CCCC5)nc12. The average Bonchev–Trinajstić information content (AvgIpc) is 2.60. The van der Waals surface area contributed by atoms with Crippen molar-refractivity contribution in [2.24, 2.45) is 0 Å². The summed E-state index contributed by atoms with van der Waals surface area (Å²) in [4.78, 5) is 4.89. The molecule has 1 aromatic heterocycles. The number of para-hydroxylation sites is 1. The summed E-state index contributed by atoms with van der Waals surface area (Å²) in [5.74, 6) is 0. The quantitative estimate of drug-likeness (QED) is 0.269. The largest absolute Gasteiger partial charge is 0.247 e. The minimum Gasteiger partial charge on any atom is -0.247 e. The molecule has 0 fully saturated rings. The number of hydrogen-bond donors (Lipinski definition) is 0. The first-order chi connectivity index (χ1) is 11.3. The summed E-state index contributed by atoms with van der Waals surface area (Å²) < 4.78 is 1.06. The number of aryl methyl sites for hydroxylation is 2. The second-order valence-electron chi connectivity index (χ2n) is 6.44. The van der Waals surface area contributed by atoms with Crippen LogP contribution in [0.25, 0.3) is 32.6 Å². The second-order valence-corrected chi connectivity index (χ2v) is 7.29. The highest BCUT2D eigenvalue weighted by Gasteiger charge is 2.14. The molecule has 0 spiro atoms. The zero-order valence-electron chi connectivity index (χ0n) is 12.8. The number of fused-ring (bicyclic) bond motifs is 6. The van der Waals surface area contributed by atoms with Crippen LogP contribution in [0.1, 0.15) is 24.0 Å². The van der Waals surface area contributed by atoms with Crippen molar-refractivity contribution >= 4 is 48.5 Å². The van der Waals surface area contributed by atoms with Crippen molar-refractivity contribution < 1.29 is 0 Å². The third-order valence-corrected chi connectivity index (χ3v) is 5.74. The van der Waals surface area contributed by atoms with E-state index in [-0.39, 0.29) is 0 Å². The van der Waals surface area contributed by atoms with E-state index in [2.05, 4.69) is 64.5 Å². The summed E-state index contributed by atoms with van der Waals surface area (Å²) in [6, 6.07) is 17.7. The number of pyridine rings is 1. The monoisotopic (exact) mass is 361 g/mol. The van der Waals surface area contributed by atoms with E-state index < -0.39 is 0 Å². The van der Waals surface area contributed by atoms with Gasteiger partial charge in [0, 0.05) is 15.2 Å². The highest BCUT2D eigenvalue weighted by molar-refractivity contribution is 9.10. The molecule has 0 unspecified atom stereocenters. The Morgan fingerprint density at radius 3 is 2.65 bits per heavy atom. The van der Waals surface area contributed by atoms with Gasteiger partial charge in [-0.1, -0.05) is 30.3 Å². The van der Waals surface area contributed by atoms with Crippen molar-refractivity contribution in [1.82, 2.24) is 4.98 Å². The lowest BCUT2D eigenvalue weighted by Crippen LogP contribution is -2.03. The fraction of sp³-hybridized carbons (Fsp3) is 0.190. The van der Waals surface area contributed by atoms with E-state index in [0.29, 0.717) is 0 Å². The molecule has 1 aliphatic carbocycles. The summed E-state index contributed by atoms with van der Waals surface area (Å²) in [6.45, 7) is 0. The van der Waals surface area contributed by atoms with Gasteiger partial charge in [0.1, 0.15) is 0 Å². The fourth-order valence-electron chi connectivity index (χ4n) is 3.96. The van der Waals surface area contributed by atoms with Crippen molar-refractivity contribution in [3.8, 4) is 0 Å². The Bertz CT molecular complexity index is 1080. The molecule has 0 amide bonds. The fourth-order valence-corrected chi connectivity index (χ4v) is 4.43. The van der Waals surface area contributed by atoms with Crippen LogP contribution >= 0.6 is 15.9 Å². The lowest BCUT2D eigenvalue weighted by molar-refractivity contribution is 0.690. The third kappa shape index (κ3) is 2.01. The molecular weight excluding hydrogens is 346 g/mol. The molecular formula is C21H16BrN. The van der Waals surface area contributed by atoms with Gasteiger partial charge >= 0.3 is 0 Å². The van der Waals surface area contributed by atoms with Gasteiger partial charge < -0.3 is 0 Å². The maximum atomic E-state index is 4.89. The van der Waals surface area contributed by atoms with E-state index >= 15 is 0 Å². The van der Waals surface area contributed by atoms with Crippen LogP contribution in [-0.4, -0.2) is 4.98 Å². The Morgan fingerprint density at radius 1 is 0.826 bits per heavy atom. The predicted octanol–water partition coefficient (Wildman–Crippen LogP) is 6.18. The smallest absolute Gasteiger partial charge is 0.0851 e. The molecule has 0 N–H and O–H groups in total. The molecule has 4 aromatic rings. The van der Waals surface area contributed by atoms with Crippen LogP contribution in [0.5, 0.6) is 0 Å². The minimum atomic E-state index is 1.04. The summed E-state index contributed by atoms with van der Waals surface area (Å²) in [5.41, 5.74) is 5.22. The molecule has 0 radical (unpaired) electrons. The number of nitrogens with zero attached hydrogens (tertiary/aromatic N) is 1. The number of hydrogen-bond acceptors (Lipinski definition) is 1. The molecule has 1 aliphatic rings. The lowest BCUT2D eigenvalue weighted by atomic mass is 9.87. The standard InChI is InChI=1S/C21H16BrN/c22-19-7-3-5-14-12-18-17-9-8-13-4-1-2-6-15(13)16(17)10-11-20(18)23-21(14)19/h3,5,7-12H,1-2,4,6H2. The normalized spacial score (nSPS) is 14.5. The van der Waals surface area contributed by atoms with E-state index in [1.807, 2.05) is 0 Å². The first-order valence-electron chi connectivity index (χ1n) is 8.24. The van der Waals surface area contributed by atoms with Gasteiger partial charge in [-0.05, 0) is 81.7 Å². The van der Waals surface area contributed by atoms with Crippen LogP contribution in [-0.2, 0) is 12.8 Å². The molecule has 5 rings (SSSR count). The Balaban J connectivity index is 1.92. The molecule has 0 atom stereocenters. The van der Waals surface area contributed by atoms with Crippen molar-refractivity contribution in [1.29, 1.82) is 0 Å². The topological polar surface area (TPSA) is 12.9 Å². The number of halogens is 1. The van der Waals surface area contributed by atoms with Crippen LogP contribution in [0, 0.1) is 0 Å². The average molecular weight is 362 g/mol. The summed E-state index contributed by atoms with van der Waals surface area (Å²) >= 11 is 3.62. The maximum absolute atomic E-state index is 4.89. The lowest BCUT2D eigenvalue weighted by Gasteiger charge is -2.18. The second kappa shape index (κ2) is 5.04. The van der Waals surface area contributed by atoms with Crippen molar-refractivity contribution in [3.63, 3.8) is 0 Å². The predicted molar refractivity (Wildman–Crippen MR) is 101 cm³/mol. The third-order valence-electron chi connectivity index (χ3n) is 5.10. The van der Waals surface area contributed by atoms with E-state index in [4.69, 9.17) is 4.98 Å². The van der Waals surface area contributed by atoms with E-state index in [1.54, 1.807) is 11.1 Å². The number of rotatable bonds is 0. The van der Waals surface area contributed by atoms with Gasteiger partial charge in [0.15, 0.2) is 0 Å². The highest BCUT2D eigenvalue weighted by Crippen LogP contribution is 2.34. The molecule has 0 saturated carbocycles. The van der Waals surface area contributed by atoms with Crippen molar-refractivity contribution in [3.05, 3.63) is 64.1 Å². The summed E-state index contributed by atoms with van der Waals surface area (Å²) in [6.07, 6.45) is 5.08. The van der Waals surface area contributed by atoms with Crippen molar-refractivity contribution in [2.75, 3.05) is 0 Å². The van der Waals surface area contributed by atoms with Gasteiger partial charge in [-0.3, -0.25) is 0 Å². The first-order valence-corrected chi connectivity index (χ1v) is 9.03. The Morgan fingerprint density at radius 2 is 1.70 bits per heavy atom. The van der Waals surface area contributed by atoms with Gasteiger partial charge in [0.05, 0.1) is 11.0 Å².